The highest BCUT2D eigenvalue weighted by molar-refractivity contribution is 6.74. The van der Waals surface area contributed by atoms with E-state index in [1.165, 1.54) is 5.56 Å². The lowest BCUT2D eigenvalue weighted by atomic mass is 10.1. The number of hydrazine groups is 1. The van der Waals surface area contributed by atoms with E-state index in [0.717, 1.165) is 43.9 Å². The number of nitrogens with one attached hydrogen (secondary N) is 2. The molecule has 0 saturated carbocycles. The third-order valence-electron chi connectivity index (χ3n) is 6.73. The molecule has 2 aliphatic heterocycles. The van der Waals surface area contributed by atoms with E-state index in [-0.39, 0.29) is 11.1 Å². The molecule has 0 unspecified atom stereocenters. The van der Waals surface area contributed by atoms with Gasteiger partial charge in [-0.2, -0.15) is 0 Å². The lowest BCUT2D eigenvalue weighted by Crippen LogP contribution is -2.44. The van der Waals surface area contributed by atoms with E-state index in [1.807, 2.05) is 18.3 Å². The Balaban J connectivity index is 1.61. The Hall–Kier alpha value is -1.38. The number of rotatable bonds is 8. The van der Waals surface area contributed by atoms with Crippen LogP contribution in [0, 0.1) is 0 Å². The molecule has 0 aromatic heterocycles. The summed E-state index contributed by atoms with van der Waals surface area (Å²) in [5.41, 5.74) is 5.33. The maximum atomic E-state index is 6.66. The molecular formula is C23H40N4O2Si. The molecule has 0 radical (unpaired) electrons. The number of hydrogen-bond acceptors (Lipinski definition) is 6. The van der Waals surface area contributed by atoms with Crippen molar-refractivity contribution in [2.24, 2.45) is 0 Å². The third kappa shape index (κ3) is 5.45. The van der Waals surface area contributed by atoms with Gasteiger partial charge in [-0.15, -0.1) is 0 Å². The van der Waals surface area contributed by atoms with Crippen molar-refractivity contribution in [1.29, 1.82) is 0 Å². The van der Waals surface area contributed by atoms with Gasteiger partial charge in [0.25, 0.3) is 0 Å². The normalized spacial score (nSPS) is 21.6. The van der Waals surface area contributed by atoms with Crippen LogP contribution in [-0.2, 0) is 9.26 Å². The molecule has 0 amide bonds. The van der Waals surface area contributed by atoms with E-state index in [2.05, 4.69) is 80.9 Å². The lowest BCUT2D eigenvalue weighted by molar-refractivity contribution is 0.126. The molecule has 1 aromatic rings. The zero-order valence-electron chi connectivity index (χ0n) is 19.8. The molecule has 2 aliphatic rings. The number of nitrogens with zero attached hydrogens (tertiary/aromatic N) is 2. The highest BCUT2D eigenvalue weighted by Crippen LogP contribution is 2.38. The highest BCUT2D eigenvalue weighted by atomic mass is 28.4. The van der Waals surface area contributed by atoms with E-state index in [0.29, 0.717) is 6.10 Å². The molecule has 1 fully saturated rings. The maximum absolute atomic E-state index is 6.66. The minimum atomic E-state index is -1.72. The second-order valence-electron chi connectivity index (χ2n) is 10.00. The average molecular weight is 433 g/mol. The molecule has 2 heterocycles. The van der Waals surface area contributed by atoms with E-state index >= 15 is 0 Å². The third-order valence-corrected chi connectivity index (χ3v) is 11.3. The van der Waals surface area contributed by atoms with Gasteiger partial charge in [0.1, 0.15) is 5.76 Å². The van der Waals surface area contributed by atoms with E-state index in [9.17, 15) is 0 Å². The van der Waals surface area contributed by atoms with Gasteiger partial charge in [-0.1, -0.05) is 45.4 Å². The standard InChI is InChI=1S/C23H40N4O2Si/c1-8-20-16-27(25-28-20)19-11-9-10-18(14-19)22(24-5)17-26-13-12-21(15-26)29-30(6,7)23(2,3)4/h9-11,14,16,21-22,24-25H,8,12-13,15,17H2,1-7H3/t21-,22+/m0/s1. The van der Waals surface area contributed by atoms with Crippen LogP contribution in [0.3, 0.4) is 0 Å². The molecule has 0 bridgehead atoms. The number of anilines is 1. The minimum Gasteiger partial charge on any atom is -0.413 e. The molecule has 6 nitrogen and oxygen atoms in total. The number of benzene rings is 1. The Bertz CT molecular complexity index is 747. The summed E-state index contributed by atoms with van der Waals surface area (Å²) in [4.78, 5) is 8.02. The van der Waals surface area contributed by atoms with Crippen molar-refractivity contribution < 1.29 is 9.26 Å². The van der Waals surface area contributed by atoms with Gasteiger partial charge in [-0.25, -0.2) is 5.01 Å². The Morgan fingerprint density at radius 2 is 2.10 bits per heavy atom. The summed E-state index contributed by atoms with van der Waals surface area (Å²) in [6.07, 6.45) is 4.37. The van der Waals surface area contributed by atoms with Crippen molar-refractivity contribution in [2.45, 2.75) is 70.8 Å². The van der Waals surface area contributed by atoms with Gasteiger partial charge in [0.2, 0.25) is 0 Å². The molecule has 168 valence electrons. The van der Waals surface area contributed by atoms with Crippen LogP contribution in [0.5, 0.6) is 0 Å². The largest absolute Gasteiger partial charge is 0.413 e. The zero-order valence-corrected chi connectivity index (χ0v) is 20.8. The highest BCUT2D eigenvalue weighted by Gasteiger charge is 2.40. The fourth-order valence-electron chi connectivity index (χ4n) is 3.76. The molecule has 0 spiro atoms. The number of likely N-dealkylation sites (tertiary alicyclic amines) is 1. The molecule has 2 N–H and O–H groups in total. The van der Waals surface area contributed by atoms with Crippen LogP contribution in [0.15, 0.2) is 36.2 Å². The van der Waals surface area contributed by atoms with Crippen molar-refractivity contribution in [3.05, 3.63) is 41.8 Å². The second kappa shape index (κ2) is 9.40. The van der Waals surface area contributed by atoms with Gasteiger partial charge in [-0.05, 0) is 49.3 Å². The fraction of sp³-hybridized carbons (Fsp3) is 0.652. The first-order chi connectivity index (χ1) is 14.1. The van der Waals surface area contributed by atoms with E-state index < -0.39 is 8.32 Å². The molecule has 3 rings (SSSR count). The predicted octanol–water partition coefficient (Wildman–Crippen LogP) is 4.55. The van der Waals surface area contributed by atoms with Gasteiger partial charge >= 0.3 is 0 Å². The Morgan fingerprint density at radius 3 is 2.73 bits per heavy atom. The van der Waals surface area contributed by atoms with E-state index in [4.69, 9.17) is 9.26 Å². The molecule has 0 aliphatic carbocycles. The smallest absolute Gasteiger partial charge is 0.192 e. The first kappa shape index (κ1) is 23.3. The lowest BCUT2D eigenvalue weighted by Gasteiger charge is -2.38. The molecular weight excluding hydrogens is 392 g/mol. The Morgan fingerprint density at radius 1 is 1.33 bits per heavy atom. The molecule has 1 aromatic carbocycles. The minimum absolute atomic E-state index is 0.258. The van der Waals surface area contributed by atoms with Crippen LogP contribution in [0.1, 0.15) is 52.1 Å². The molecule has 2 atom stereocenters. The van der Waals surface area contributed by atoms with Gasteiger partial charge in [0.05, 0.1) is 18.0 Å². The number of allylic oxidation sites excluding steroid dienone is 1. The molecule has 7 heteroatoms. The van der Waals surface area contributed by atoms with Crippen molar-refractivity contribution >= 4 is 14.0 Å². The topological polar surface area (TPSA) is 49.0 Å². The first-order valence-corrected chi connectivity index (χ1v) is 14.1. The maximum Gasteiger partial charge on any atom is 0.192 e. The Kier molecular flexibility index (Phi) is 7.30. The molecule has 30 heavy (non-hydrogen) atoms. The second-order valence-corrected chi connectivity index (χ2v) is 14.8. The summed E-state index contributed by atoms with van der Waals surface area (Å²) in [6.45, 7) is 16.8. The van der Waals surface area contributed by atoms with Crippen LogP contribution in [0.25, 0.3) is 0 Å². The zero-order chi connectivity index (χ0) is 21.9. The summed E-state index contributed by atoms with van der Waals surface area (Å²) < 4.78 is 6.66. The fourth-order valence-corrected chi connectivity index (χ4v) is 5.14. The predicted molar refractivity (Wildman–Crippen MR) is 126 cm³/mol. The number of likely N-dealkylation sites (N-methyl/N-ethyl adjacent to an activating group) is 1. The van der Waals surface area contributed by atoms with Crippen molar-refractivity contribution in [1.82, 2.24) is 15.8 Å². The summed E-state index contributed by atoms with van der Waals surface area (Å²) in [5.74, 6) is 0.940. The van der Waals surface area contributed by atoms with Gasteiger partial charge in [0, 0.05) is 32.1 Å². The van der Waals surface area contributed by atoms with E-state index in [1.54, 1.807) is 0 Å². The number of hydrogen-bond donors (Lipinski definition) is 2. The van der Waals surface area contributed by atoms with Crippen LogP contribution >= 0.6 is 0 Å². The molecule has 1 saturated heterocycles. The SMILES string of the molecule is CCC1=CN(c2cccc([C@@H](CN3CC[C@H](O[Si](C)(C)C(C)(C)C)C3)NC)c2)NO1. The van der Waals surface area contributed by atoms with Crippen molar-refractivity contribution in [3.8, 4) is 0 Å². The van der Waals surface area contributed by atoms with Crippen LogP contribution in [0.2, 0.25) is 18.1 Å². The van der Waals surface area contributed by atoms with Crippen LogP contribution in [-0.4, -0.2) is 46.0 Å². The van der Waals surface area contributed by atoms with Crippen LogP contribution in [0.4, 0.5) is 5.69 Å². The van der Waals surface area contributed by atoms with Gasteiger partial charge in [-0.3, -0.25) is 4.90 Å². The van der Waals surface area contributed by atoms with Gasteiger partial charge < -0.3 is 14.6 Å². The summed E-state index contributed by atoms with van der Waals surface area (Å²) in [6, 6.07) is 8.91. The van der Waals surface area contributed by atoms with Gasteiger partial charge in [0.15, 0.2) is 8.32 Å². The first-order valence-electron chi connectivity index (χ1n) is 11.2. The Labute approximate surface area is 183 Å². The average Bonchev–Trinajstić information content (AvgIpc) is 3.34. The monoisotopic (exact) mass is 432 g/mol. The quantitative estimate of drug-likeness (QED) is 0.588. The van der Waals surface area contributed by atoms with Crippen molar-refractivity contribution in [2.75, 3.05) is 31.7 Å². The summed E-state index contributed by atoms with van der Waals surface area (Å²) >= 11 is 0. The van der Waals surface area contributed by atoms with Crippen molar-refractivity contribution in [3.63, 3.8) is 0 Å². The summed E-state index contributed by atoms with van der Waals surface area (Å²) in [5, 5.41) is 5.71. The van der Waals surface area contributed by atoms with Crippen LogP contribution < -0.4 is 15.9 Å². The summed E-state index contributed by atoms with van der Waals surface area (Å²) in [7, 11) is 0.330.